The van der Waals surface area contributed by atoms with E-state index < -0.39 is 23.9 Å². The van der Waals surface area contributed by atoms with Gasteiger partial charge in [-0.2, -0.15) is 0 Å². The highest BCUT2D eigenvalue weighted by atomic mass is 16.4. The molecule has 0 aliphatic carbocycles. The lowest BCUT2D eigenvalue weighted by Crippen LogP contribution is -2.49. The van der Waals surface area contributed by atoms with Crippen molar-refractivity contribution in [2.24, 2.45) is 5.73 Å². The highest BCUT2D eigenvalue weighted by Crippen LogP contribution is 2.04. The molecule has 0 aromatic heterocycles. The van der Waals surface area contributed by atoms with Crippen molar-refractivity contribution in [3.05, 3.63) is 0 Å². The fourth-order valence-corrected chi connectivity index (χ4v) is 1.80. The van der Waals surface area contributed by atoms with Crippen molar-refractivity contribution in [2.45, 2.75) is 37.8 Å². The van der Waals surface area contributed by atoms with Crippen molar-refractivity contribution >= 4 is 23.8 Å². The van der Waals surface area contributed by atoms with Crippen LogP contribution < -0.4 is 21.7 Å². The maximum absolute atomic E-state index is 11.5. The van der Waals surface area contributed by atoms with E-state index in [0.717, 1.165) is 0 Å². The zero-order chi connectivity index (χ0) is 15.1. The fourth-order valence-electron chi connectivity index (χ4n) is 1.80. The number of rotatable bonds is 7. The van der Waals surface area contributed by atoms with Gasteiger partial charge < -0.3 is 26.8 Å². The number of carboxylic acids is 1. The van der Waals surface area contributed by atoms with E-state index in [1.807, 2.05) is 0 Å². The molecule has 0 spiro atoms. The maximum Gasteiger partial charge on any atom is 0.326 e. The molecule has 1 aliphatic heterocycles. The summed E-state index contributed by atoms with van der Waals surface area (Å²) in [6.45, 7) is 0.222. The zero-order valence-corrected chi connectivity index (χ0v) is 10.8. The Labute approximate surface area is 115 Å². The summed E-state index contributed by atoms with van der Waals surface area (Å²) in [7, 11) is 0. The predicted octanol–water partition coefficient (Wildman–Crippen LogP) is -1.72. The van der Waals surface area contributed by atoms with E-state index in [1.54, 1.807) is 0 Å². The van der Waals surface area contributed by atoms with Crippen molar-refractivity contribution in [1.82, 2.24) is 16.0 Å². The standard InChI is InChI=1S/C11H18N4O5/c12-8(16)3-2-7(10(18)19)15-11(20)13-5-6-1-4-9(17)14-6/h6-7H,1-5H2,(H2,12,16)(H,14,17)(H,18,19)(H2,13,15,20)/t6?,7-/m0/s1. The molecule has 112 valence electrons. The molecule has 1 fully saturated rings. The highest BCUT2D eigenvalue weighted by molar-refractivity contribution is 5.83. The van der Waals surface area contributed by atoms with Crippen LogP contribution in [-0.4, -0.2) is 47.5 Å². The van der Waals surface area contributed by atoms with Crippen LogP contribution >= 0.6 is 0 Å². The Balaban J connectivity index is 2.32. The number of amides is 4. The third kappa shape index (κ3) is 5.55. The van der Waals surface area contributed by atoms with E-state index in [2.05, 4.69) is 16.0 Å². The third-order valence-electron chi connectivity index (χ3n) is 2.88. The van der Waals surface area contributed by atoms with Gasteiger partial charge >= 0.3 is 12.0 Å². The van der Waals surface area contributed by atoms with Crippen LogP contribution in [0.15, 0.2) is 0 Å². The van der Waals surface area contributed by atoms with Crippen LogP contribution in [0.5, 0.6) is 0 Å². The molecular formula is C11H18N4O5. The van der Waals surface area contributed by atoms with Crippen LogP contribution in [0.25, 0.3) is 0 Å². The van der Waals surface area contributed by atoms with Gasteiger partial charge in [0.25, 0.3) is 0 Å². The van der Waals surface area contributed by atoms with Crippen LogP contribution in [0.1, 0.15) is 25.7 Å². The second kappa shape index (κ2) is 7.31. The van der Waals surface area contributed by atoms with Gasteiger partial charge in [0, 0.05) is 25.4 Å². The maximum atomic E-state index is 11.5. The summed E-state index contributed by atoms with van der Waals surface area (Å²) in [6, 6.07) is -1.98. The number of aliphatic carboxylic acids is 1. The molecule has 0 aromatic rings. The smallest absolute Gasteiger partial charge is 0.326 e. The van der Waals surface area contributed by atoms with Gasteiger partial charge in [-0.3, -0.25) is 9.59 Å². The molecule has 6 N–H and O–H groups in total. The minimum atomic E-state index is -1.24. The third-order valence-corrected chi connectivity index (χ3v) is 2.88. The Morgan fingerprint density at radius 2 is 2.15 bits per heavy atom. The number of hydrogen-bond donors (Lipinski definition) is 5. The number of carboxylic acid groups (broad SMARTS) is 1. The molecule has 1 unspecified atom stereocenters. The second-order valence-corrected chi connectivity index (χ2v) is 4.55. The minimum absolute atomic E-state index is 0.0675. The largest absolute Gasteiger partial charge is 0.480 e. The number of primary amides is 1. The first-order valence-corrected chi connectivity index (χ1v) is 6.23. The van der Waals surface area contributed by atoms with Gasteiger partial charge in [0.1, 0.15) is 6.04 Å². The van der Waals surface area contributed by atoms with Crippen molar-refractivity contribution in [1.29, 1.82) is 0 Å². The summed E-state index contributed by atoms with van der Waals surface area (Å²) in [5, 5.41) is 16.3. The molecule has 2 atom stereocenters. The molecule has 9 heteroatoms. The molecule has 0 bridgehead atoms. The minimum Gasteiger partial charge on any atom is -0.480 e. The van der Waals surface area contributed by atoms with Gasteiger partial charge in [-0.05, 0) is 12.8 Å². The average Bonchev–Trinajstić information content (AvgIpc) is 2.77. The fraction of sp³-hybridized carbons (Fsp3) is 0.636. The summed E-state index contributed by atoms with van der Waals surface area (Å²) >= 11 is 0. The second-order valence-electron chi connectivity index (χ2n) is 4.55. The topological polar surface area (TPSA) is 151 Å². The highest BCUT2D eigenvalue weighted by Gasteiger charge is 2.23. The molecule has 0 aromatic carbocycles. The van der Waals surface area contributed by atoms with E-state index in [9.17, 15) is 19.2 Å². The number of carbonyl (C=O) groups excluding carboxylic acids is 3. The van der Waals surface area contributed by atoms with Gasteiger partial charge in [0.15, 0.2) is 0 Å². The summed E-state index contributed by atoms with van der Waals surface area (Å²) in [4.78, 5) is 44.0. The SMILES string of the molecule is NC(=O)CC[C@H](NC(=O)NCC1CCC(=O)N1)C(=O)O. The van der Waals surface area contributed by atoms with E-state index in [1.165, 1.54) is 0 Å². The monoisotopic (exact) mass is 286 g/mol. The van der Waals surface area contributed by atoms with Gasteiger partial charge in [-0.15, -0.1) is 0 Å². The Bertz CT molecular complexity index is 412. The average molecular weight is 286 g/mol. The molecule has 1 aliphatic rings. The predicted molar refractivity (Wildman–Crippen MR) is 67.6 cm³/mol. The number of nitrogens with two attached hydrogens (primary N) is 1. The van der Waals surface area contributed by atoms with Crippen LogP contribution in [0.4, 0.5) is 4.79 Å². The summed E-state index contributed by atoms with van der Waals surface area (Å²) in [6.07, 6.45) is 0.849. The Kier molecular flexibility index (Phi) is 5.75. The summed E-state index contributed by atoms with van der Waals surface area (Å²) in [5.41, 5.74) is 4.93. The van der Waals surface area contributed by atoms with E-state index in [-0.39, 0.29) is 31.3 Å². The first kappa shape index (κ1) is 15.7. The van der Waals surface area contributed by atoms with E-state index >= 15 is 0 Å². The summed E-state index contributed by atoms with van der Waals surface area (Å²) < 4.78 is 0. The molecule has 1 saturated heterocycles. The Morgan fingerprint density at radius 3 is 2.65 bits per heavy atom. The number of hydrogen-bond acceptors (Lipinski definition) is 4. The molecule has 20 heavy (non-hydrogen) atoms. The summed E-state index contributed by atoms with van der Waals surface area (Å²) in [5.74, 6) is -1.94. The van der Waals surface area contributed by atoms with Crippen LogP contribution in [0.2, 0.25) is 0 Å². The number of urea groups is 1. The lowest BCUT2D eigenvalue weighted by atomic mass is 10.1. The molecule has 4 amide bonds. The molecular weight excluding hydrogens is 268 g/mol. The lowest BCUT2D eigenvalue weighted by Gasteiger charge is -2.16. The molecule has 1 heterocycles. The normalized spacial score (nSPS) is 19.0. The first-order chi connectivity index (χ1) is 9.38. The van der Waals surface area contributed by atoms with Crippen LogP contribution in [0.3, 0.4) is 0 Å². The number of nitrogens with one attached hydrogen (secondary N) is 3. The van der Waals surface area contributed by atoms with Gasteiger partial charge in [0.05, 0.1) is 0 Å². The quantitative estimate of drug-likeness (QED) is 0.377. The zero-order valence-electron chi connectivity index (χ0n) is 10.8. The first-order valence-electron chi connectivity index (χ1n) is 6.23. The Hall–Kier alpha value is -2.32. The van der Waals surface area contributed by atoms with Crippen LogP contribution in [-0.2, 0) is 14.4 Å². The molecule has 1 rings (SSSR count). The lowest BCUT2D eigenvalue weighted by molar-refractivity contribution is -0.139. The molecule has 9 nitrogen and oxygen atoms in total. The van der Waals surface area contributed by atoms with Gasteiger partial charge in [0.2, 0.25) is 11.8 Å². The van der Waals surface area contributed by atoms with Crippen molar-refractivity contribution in [2.75, 3.05) is 6.54 Å². The Morgan fingerprint density at radius 1 is 1.45 bits per heavy atom. The van der Waals surface area contributed by atoms with Crippen molar-refractivity contribution < 1.29 is 24.3 Å². The van der Waals surface area contributed by atoms with E-state index in [4.69, 9.17) is 10.8 Å². The van der Waals surface area contributed by atoms with Crippen molar-refractivity contribution in [3.8, 4) is 0 Å². The van der Waals surface area contributed by atoms with E-state index in [0.29, 0.717) is 12.8 Å². The molecule has 0 saturated carbocycles. The van der Waals surface area contributed by atoms with Crippen LogP contribution in [0, 0.1) is 0 Å². The molecule has 0 radical (unpaired) electrons. The van der Waals surface area contributed by atoms with Crippen molar-refractivity contribution in [3.63, 3.8) is 0 Å². The van der Waals surface area contributed by atoms with Gasteiger partial charge in [-0.1, -0.05) is 0 Å². The van der Waals surface area contributed by atoms with Gasteiger partial charge in [-0.25, -0.2) is 9.59 Å². The number of carbonyl (C=O) groups is 4.